The molecule has 1 unspecified atom stereocenters. The lowest BCUT2D eigenvalue weighted by atomic mass is 10.0. The van der Waals surface area contributed by atoms with Crippen LogP contribution in [0.5, 0.6) is 0 Å². The van der Waals surface area contributed by atoms with Gasteiger partial charge in [-0.25, -0.2) is 8.42 Å². The maximum atomic E-state index is 13.9. The van der Waals surface area contributed by atoms with E-state index in [9.17, 15) is 18.0 Å². The third-order valence-corrected chi connectivity index (χ3v) is 8.53. The van der Waals surface area contributed by atoms with Crippen molar-refractivity contribution in [2.75, 3.05) is 23.7 Å². The lowest BCUT2D eigenvalue weighted by Crippen LogP contribution is -2.51. The summed E-state index contributed by atoms with van der Waals surface area (Å²) in [4.78, 5) is 29.1. The summed E-state index contributed by atoms with van der Waals surface area (Å²) in [5.41, 5.74) is 3.04. The van der Waals surface area contributed by atoms with Crippen LogP contribution in [-0.2, 0) is 32.6 Å². The molecule has 3 aromatic rings. The van der Waals surface area contributed by atoms with Crippen molar-refractivity contribution in [2.45, 2.75) is 52.6 Å². The van der Waals surface area contributed by atoms with E-state index in [0.29, 0.717) is 34.3 Å². The minimum Gasteiger partial charge on any atom is -0.354 e. The summed E-state index contributed by atoms with van der Waals surface area (Å²) in [7, 11) is -3.58. The average molecular weight is 633 g/mol. The van der Waals surface area contributed by atoms with Crippen LogP contribution >= 0.6 is 23.2 Å². The van der Waals surface area contributed by atoms with Crippen LogP contribution in [0, 0.1) is 12.8 Å². The standard InChI is InChI=1S/C32H39Cl2N3O4S/c1-23(2)21-35-32(39)30(19-25-11-6-5-7-12-25)36(22-26-15-16-27(33)20-29(26)34)31(38)14-9-17-37(42(4,40)41)28-13-8-10-24(3)18-28/h5-8,10-13,15-16,18,20,23,30H,9,14,17,19,21-22H2,1-4H3,(H,35,39). The first-order chi connectivity index (χ1) is 19.8. The minimum absolute atomic E-state index is 0.0335. The maximum Gasteiger partial charge on any atom is 0.243 e. The highest BCUT2D eigenvalue weighted by Gasteiger charge is 2.31. The quantitative estimate of drug-likeness (QED) is 0.227. The molecule has 0 aliphatic carbocycles. The summed E-state index contributed by atoms with van der Waals surface area (Å²) >= 11 is 12.6. The molecule has 0 bridgehead atoms. The molecule has 0 fully saturated rings. The van der Waals surface area contributed by atoms with Crippen LogP contribution in [0.1, 0.15) is 43.4 Å². The molecule has 3 aromatic carbocycles. The number of sulfonamides is 1. The Morgan fingerprint density at radius 3 is 2.29 bits per heavy atom. The van der Waals surface area contributed by atoms with Crippen LogP contribution < -0.4 is 9.62 Å². The van der Waals surface area contributed by atoms with Gasteiger partial charge in [0.2, 0.25) is 21.8 Å². The molecule has 7 nitrogen and oxygen atoms in total. The van der Waals surface area contributed by atoms with Crippen molar-refractivity contribution in [2.24, 2.45) is 5.92 Å². The molecule has 3 rings (SSSR count). The minimum atomic E-state index is -3.58. The Labute approximate surface area is 259 Å². The Balaban J connectivity index is 1.91. The lowest BCUT2D eigenvalue weighted by Gasteiger charge is -2.32. The molecule has 10 heteroatoms. The van der Waals surface area contributed by atoms with Crippen LogP contribution in [0.4, 0.5) is 5.69 Å². The van der Waals surface area contributed by atoms with Crippen LogP contribution in [-0.4, -0.2) is 50.5 Å². The second-order valence-electron chi connectivity index (χ2n) is 10.9. The van der Waals surface area contributed by atoms with Crippen molar-refractivity contribution < 1.29 is 18.0 Å². The van der Waals surface area contributed by atoms with E-state index in [-0.39, 0.29) is 43.7 Å². The third-order valence-electron chi connectivity index (χ3n) is 6.75. The van der Waals surface area contributed by atoms with Crippen LogP contribution in [0.2, 0.25) is 10.0 Å². The molecule has 0 heterocycles. The van der Waals surface area contributed by atoms with Crippen molar-refractivity contribution in [3.63, 3.8) is 0 Å². The Morgan fingerprint density at radius 1 is 0.952 bits per heavy atom. The highest BCUT2D eigenvalue weighted by Crippen LogP contribution is 2.25. The molecule has 2 amide bonds. The van der Waals surface area contributed by atoms with Gasteiger partial charge in [0.15, 0.2) is 0 Å². The summed E-state index contributed by atoms with van der Waals surface area (Å²) < 4.78 is 26.6. The van der Waals surface area contributed by atoms with E-state index in [1.54, 1.807) is 41.3 Å². The van der Waals surface area contributed by atoms with Crippen molar-refractivity contribution in [3.05, 3.63) is 99.5 Å². The predicted octanol–water partition coefficient (Wildman–Crippen LogP) is 6.26. The Morgan fingerprint density at radius 2 is 1.67 bits per heavy atom. The Kier molecular flexibility index (Phi) is 12.3. The maximum absolute atomic E-state index is 13.9. The molecular formula is C32H39Cl2N3O4S. The van der Waals surface area contributed by atoms with E-state index in [2.05, 4.69) is 5.32 Å². The molecule has 1 atom stereocenters. The monoisotopic (exact) mass is 631 g/mol. The number of anilines is 1. The summed E-state index contributed by atoms with van der Waals surface area (Å²) in [6.45, 7) is 6.58. The van der Waals surface area contributed by atoms with Gasteiger partial charge in [-0.15, -0.1) is 0 Å². The number of halogens is 2. The number of benzene rings is 3. The van der Waals surface area contributed by atoms with Gasteiger partial charge in [0.25, 0.3) is 0 Å². The second-order valence-corrected chi connectivity index (χ2v) is 13.6. The van der Waals surface area contributed by atoms with Gasteiger partial charge in [-0.2, -0.15) is 0 Å². The van der Waals surface area contributed by atoms with Crippen LogP contribution in [0.25, 0.3) is 0 Å². The first-order valence-corrected chi connectivity index (χ1v) is 16.5. The van der Waals surface area contributed by atoms with E-state index in [0.717, 1.165) is 17.4 Å². The summed E-state index contributed by atoms with van der Waals surface area (Å²) in [6, 6.07) is 21.0. The van der Waals surface area contributed by atoms with Crippen molar-refractivity contribution in [1.82, 2.24) is 10.2 Å². The average Bonchev–Trinajstić information content (AvgIpc) is 2.92. The number of nitrogens with zero attached hydrogens (tertiary/aromatic N) is 2. The molecule has 0 aromatic heterocycles. The molecule has 42 heavy (non-hydrogen) atoms. The van der Waals surface area contributed by atoms with Gasteiger partial charge in [0, 0.05) is 42.5 Å². The largest absolute Gasteiger partial charge is 0.354 e. The van der Waals surface area contributed by atoms with Gasteiger partial charge in [-0.05, 0) is 60.2 Å². The fourth-order valence-corrected chi connectivity index (χ4v) is 6.02. The highest BCUT2D eigenvalue weighted by molar-refractivity contribution is 7.92. The molecule has 0 spiro atoms. The first kappa shape index (κ1) is 33.4. The zero-order chi connectivity index (χ0) is 30.9. The van der Waals surface area contributed by atoms with E-state index in [4.69, 9.17) is 23.2 Å². The Hall–Kier alpha value is -3.07. The molecule has 0 aliphatic rings. The molecule has 0 saturated carbocycles. The van der Waals surface area contributed by atoms with E-state index >= 15 is 0 Å². The van der Waals surface area contributed by atoms with Gasteiger partial charge >= 0.3 is 0 Å². The van der Waals surface area contributed by atoms with Gasteiger partial charge in [-0.1, -0.05) is 85.6 Å². The fraction of sp³-hybridized carbons (Fsp3) is 0.375. The van der Waals surface area contributed by atoms with Crippen LogP contribution in [0.15, 0.2) is 72.8 Å². The number of aryl methyl sites for hydroxylation is 1. The molecule has 1 N–H and O–H groups in total. The third kappa shape index (κ3) is 10.0. The van der Waals surface area contributed by atoms with Crippen LogP contribution in [0.3, 0.4) is 0 Å². The summed E-state index contributed by atoms with van der Waals surface area (Å²) in [5.74, 6) is -0.312. The van der Waals surface area contributed by atoms with Gasteiger partial charge in [0.1, 0.15) is 6.04 Å². The van der Waals surface area contributed by atoms with Gasteiger partial charge < -0.3 is 10.2 Å². The molecular weight excluding hydrogens is 593 g/mol. The fourth-order valence-electron chi connectivity index (χ4n) is 4.60. The summed E-state index contributed by atoms with van der Waals surface area (Å²) in [6.07, 6.45) is 1.75. The van der Waals surface area contributed by atoms with E-state index < -0.39 is 16.1 Å². The van der Waals surface area contributed by atoms with Crippen molar-refractivity contribution in [1.29, 1.82) is 0 Å². The number of carbonyl (C=O) groups is 2. The molecule has 0 radical (unpaired) electrons. The smallest absolute Gasteiger partial charge is 0.243 e. The zero-order valence-electron chi connectivity index (χ0n) is 24.5. The van der Waals surface area contributed by atoms with Gasteiger partial charge in [-0.3, -0.25) is 13.9 Å². The lowest BCUT2D eigenvalue weighted by molar-refractivity contribution is -0.141. The number of carbonyl (C=O) groups excluding carboxylic acids is 2. The predicted molar refractivity (Wildman–Crippen MR) is 171 cm³/mol. The van der Waals surface area contributed by atoms with E-state index in [1.165, 1.54) is 4.31 Å². The van der Waals surface area contributed by atoms with E-state index in [1.807, 2.05) is 57.2 Å². The normalized spacial score (nSPS) is 12.2. The van der Waals surface area contributed by atoms with Crippen molar-refractivity contribution >= 4 is 50.7 Å². The summed E-state index contributed by atoms with van der Waals surface area (Å²) in [5, 5.41) is 3.85. The number of hydrogen-bond acceptors (Lipinski definition) is 4. The molecule has 0 aliphatic heterocycles. The first-order valence-electron chi connectivity index (χ1n) is 13.9. The highest BCUT2D eigenvalue weighted by atomic mass is 35.5. The molecule has 226 valence electrons. The molecule has 0 saturated heterocycles. The number of nitrogens with one attached hydrogen (secondary N) is 1. The Bertz CT molecular complexity index is 1470. The number of rotatable bonds is 14. The second kappa shape index (κ2) is 15.4. The SMILES string of the molecule is Cc1cccc(N(CCCC(=O)N(Cc2ccc(Cl)cc2Cl)C(Cc2ccccc2)C(=O)NCC(C)C)S(C)(=O)=O)c1. The topological polar surface area (TPSA) is 86.8 Å². The van der Waals surface area contributed by atoms with Gasteiger partial charge in [0.05, 0.1) is 11.9 Å². The zero-order valence-corrected chi connectivity index (χ0v) is 26.8. The number of hydrogen-bond donors (Lipinski definition) is 1. The number of amides is 2. The van der Waals surface area contributed by atoms with Crippen molar-refractivity contribution in [3.8, 4) is 0 Å².